The van der Waals surface area contributed by atoms with E-state index >= 15 is 0 Å². The molecule has 1 fully saturated rings. The summed E-state index contributed by atoms with van der Waals surface area (Å²) in [5.41, 5.74) is 0.126. The van der Waals surface area contributed by atoms with Gasteiger partial charge in [0.15, 0.2) is 0 Å². The molecule has 0 bridgehead atoms. The van der Waals surface area contributed by atoms with Crippen LogP contribution in [0, 0.1) is 0 Å². The summed E-state index contributed by atoms with van der Waals surface area (Å²) in [7, 11) is 0. The van der Waals surface area contributed by atoms with Crippen molar-refractivity contribution in [1.29, 1.82) is 0 Å². The van der Waals surface area contributed by atoms with Crippen molar-refractivity contribution in [2.45, 2.75) is 19.8 Å². The second-order valence-corrected chi connectivity index (χ2v) is 5.61. The lowest BCUT2D eigenvalue weighted by Crippen LogP contribution is -2.35. The van der Waals surface area contributed by atoms with E-state index in [0.29, 0.717) is 11.5 Å². The predicted octanol–water partition coefficient (Wildman–Crippen LogP) is 1.15. The van der Waals surface area contributed by atoms with Gasteiger partial charge in [-0.05, 0) is 5.92 Å². The Kier molecular flexibility index (Phi) is 3.61. The Morgan fingerprint density at radius 2 is 2.06 bits per heavy atom. The predicted molar refractivity (Wildman–Crippen MR) is 70.1 cm³/mol. The fraction of sp³-hybridized carbons (Fsp3) is 0.636. The lowest BCUT2D eigenvalue weighted by Gasteiger charge is -2.27. The summed E-state index contributed by atoms with van der Waals surface area (Å²) in [6, 6.07) is 0. The molecule has 0 saturated carbocycles. The first kappa shape index (κ1) is 12.3. The Hall–Kier alpha value is -1.17. The van der Waals surface area contributed by atoms with E-state index in [4.69, 9.17) is 0 Å². The molecular formula is C11H17N3O2S. The standard InChI is InChI=1S/C11H17N3O2S/c1-7(2)8-9(15)12-11(13-10(8)16)14-3-5-17-6-4-14/h7H,3-6H2,1-2H3,(H2,12,13,15,16). The zero-order chi connectivity index (χ0) is 12.4. The molecule has 1 aromatic heterocycles. The fourth-order valence-electron chi connectivity index (χ4n) is 1.90. The number of aromatic hydroxyl groups is 1. The highest BCUT2D eigenvalue weighted by Crippen LogP contribution is 2.22. The van der Waals surface area contributed by atoms with Gasteiger partial charge in [-0.25, -0.2) is 0 Å². The lowest BCUT2D eigenvalue weighted by molar-refractivity contribution is 0.439. The van der Waals surface area contributed by atoms with Gasteiger partial charge in [-0.3, -0.25) is 9.78 Å². The maximum absolute atomic E-state index is 11.9. The van der Waals surface area contributed by atoms with Gasteiger partial charge in [0.2, 0.25) is 11.8 Å². The summed E-state index contributed by atoms with van der Waals surface area (Å²) in [4.78, 5) is 20.7. The second kappa shape index (κ2) is 5.00. The minimum absolute atomic E-state index is 0.0304. The van der Waals surface area contributed by atoms with Crippen LogP contribution in [0.5, 0.6) is 5.88 Å². The molecule has 1 saturated heterocycles. The molecular weight excluding hydrogens is 238 g/mol. The first-order valence-corrected chi connectivity index (χ1v) is 6.91. The van der Waals surface area contributed by atoms with E-state index in [0.717, 1.165) is 24.6 Å². The number of aromatic nitrogens is 2. The second-order valence-electron chi connectivity index (χ2n) is 4.38. The topological polar surface area (TPSA) is 69.2 Å². The van der Waals surface area contributed by atoms with Crippen molar-refractivity contribution in [3.63, 3.8) is 0 Å². The van der Waals surface area contributed by atoms with E-state index in [1.54, 1.807) is 0 Å². The molecule has 2 heterocycles. The minimum Gasteiger partial charge on any atom is -0.493 e. The van der Waals surface area contributed by atoms with Crippen LogP contribution in [0.3, 0.4) is 0 Å². The third kappa shape index (κ3) is 2.57. The number of hydrogen-bond acceptors (Lipinski definition) is 5. The van der Waals surface area contributed by atoms with E-state index in [2.05, 4.69) is 9.97 Å². The van der Waals surface area contributed by atoms with Crippen LogP contribution in [0.1, 0.15) is 25.3 Å². The van der Waals surface area contributed by atoms with E-state index in [9.17, 15) is 9.90 Å². The highest BCUT2D eigenvalue weighted by Gasteiger charge is 2.18. The van der Waals surface area contributed by atoms with Gasteiger partial charge in [0, 0.05) is 24.6 Å². The molecule has 6 heteroatoms. The first-order chi connectivity index (χ1) is 8.09. The summed E-state index contributed by atoms with van der Waals surface area (Å²) < 4.78 is 0. The zero-order valence-corrected chi connectivity index (χ0v) is 10.9. The van der Waals surface area contributed by atoms with Gasteiger partial charge in [0.25, 0.3) is 5.56 Å². The molecule has 17 heavy (non-hydrogen) atoms. The van der Waals surface area contributed by atoms with Crippen molar-refractivity contribution in [1.82, 2.24) is 9.97 Å². The van der Waals surface area contributed by atoms with Crippen molar-refractivity contribution >= 4 is 17.7 Å². The molecule has 5 nitrogen and oxygen atoms in total. The Bertz CT molecular complexity index is 453. The lowest BCUT2D eigenvalue weighted by atomic mass is 10.1. The van der Waals surface area contributed by atoms with Gasteiger partial charge in [-0.15, -0.1) is 0 Å². The van der Waals surface area contributed by atoms with E-state index in [1.165, 1.54) is 0 Å². The van der Waals surface area contributed by atoms with Gasteiger partial charge in [-0.2, -0.15) is 16.7 Å². The molecule has 2 rings (SSSR count). The van der Waals surface area contributed by atoms with E-state index in [1.807, 2.05) is 30.5 Å². The largest absolute Gasteiger partial charge is 0.493 e. The molecule has 1 aliphatic heterocycles. The summed E-state index contributed by atoms with van der Waals surface area (Å²) >= 11 is 1.89. The van der Waals surface area contributed by atoms with Gasteiger partial charge in [0.05, 0.1) is 5.56 Å². The van der Waals surface area contributed by atoms with Crippen molar-refractivity contribution in [3.05, 3.63) is 15.9 Å². The maximum atomic E-state index is 11.9. The quantitative estimate of drug-likeness (QED) is 0.829. The van der Waals surface area contributed by atoms with Gasteiger partial charge in [0.1, 0.15) is 0 Å². The number of rotatable bonds is 2. The van der Waals surface area contributed by atoms with Crippen molar-refractivity contribution in [2.75, 3.05) is 29.5 Å². The third-order valence-corrected chi connectivity index (χ3v) is 3.75. The van der Waals surface area contributed by atoms with Crippen LogP contribution >= 0.6 is 11.8 Å². The van der Waals surface area contributed by atoms with Gasteiger partial charge >= 0.3 is 0 Å². The molecule has 94 valence electrons. The smallest absolute Gasteiger partial charge is 0.259 e. The van der Waals surface area contributed by atoms with Crippen LogP contribution in [0.2, 0.25) is 0 Å². The normalized spacial score (nSPS) is 16.5. The van der Waals surface area contributed by atoms with Crippen LogP contribution in [0.25, 0.3) is 0 Å². The molecule has 0 spiro atoms. The monoisotopic (exact) mass is 255 g/mol. The number of aromatic amines is 1. The average molecular weight is 255 g/mol. The van der Waals surface area contributed by atoms with Crippen LogP contribution in [-0.2, 0) is 0 Å². The summed E-state index contributed by atoms with van der Waals surface area (Å²) in [5.74, 6) is 2.36. The molecule has 0 unspecified atom stereocenters. The van der Waals surface area contributed by atoms with Crippen LogP contribution in [0.4, 0.5) is 5.95 Å². The number of hydrogen-bond donors (Lipinski definition) is 2. The highest BCUT2D eigenvalue weighted by atomic mass is 32.2. The minimum atomic E-state index is -0.235. The number of anilines is 1. The molecule has 0 aliphatic carbocycles. The molecule has 0 radical (unpaired) electrons. The Labute approximate surface area is 104 Å². The maximum Gasteiger partial charge on any atom is 0.259 e. The van der Waals surface area contributed by atoms with Crippen LogP contribution < -0.4 is 10.5 Å². The highest BCUT2D eigenvalue weighted by molar-refractivity contribution is 7.99. The van der Waals surface area contributed by atoms with Crippen molar-refractivity contribution in [3.8, 4) is 5.88 Å². The molecule has 1 aromatic rings. The number of nitrogens with one attached hydrogen (secondary N) is 1. The summed E-state index contributed by atoms with van der Waals surface area (Å²) in [6.45, 7) is 5.44. The third-order valence-electron chi connectivity index (χ3n) is 2.81. The SMILES string of the molecule is CC(C)c1c(O)nc(N2CCSCC2)[nH]c1=O. The molecule has 0 amide bonds. The van der Waals surface area contributed by atoms with Gasteiger partial charge < -0.3 is 10.0 Å². The average Bonchev–Trinajstić information content (AvgIpc) is 2.28. The van der Waals surface area contributed by atoms with Crippen molar-refractivity contribution in [2.24, 2.45) is 0 Å². The Morgan fingerprint density at radius 3 is 2.59 bits per heavy atom. The van der Waals surface area contributed by atoms with E-state index < -0.39 is 0 Å². The molecule has 0 aromatic carbocycles. The van der Waals surface area contributed by atoms with Gasteiger partial charge in [-0.1, -0.05) is 13.8 Å². The number of H-pyrrole nitrogens is 1. The summed E-state index contributed by atoms with van der Waals surface area (Å²) in [6.07, 6.45) is 0. The Balaban J connectivity index is 2.34. The zero-order valence-electron chi connectivity index (χ0n) is 10.1. The van der Waals surface area contributed by atoms with Crippen LogP contribution in [0.15, 0.2) is 4.79 Å². The first-order valence-electron chi connectivity index (χ1n) is 5.75. The molecule has 1 aliphatic rings. The molecule has 2 N–H and O–H groups in total. The Morgan fingerprint density at radius 1 is 1.41 bits per heavy atom. The molecule has 0 atom stereocenters. The summed E-state index contributed by atoms with van der Waals surface area (Å²) in [5, 5.41) is 9.81. The van der Waals surface area contributed by atoms with Crippen molar-refractivity contribution < 1.29 is 5.11 Å². The van der Waals surface area contributed by atoms with Crippen LogP contribution in [-0.4, -0.2) is 39.7 Å². The number of nitrogens with zero attached hydrogens (tertiary/aromatic N) is 2. The fourth-order valence-corrected chi connectivity index (χ4v) is 2.81. The van der Waals surface area contributed by atoms with E-state index in [-0.39, 0.29) is 17.4 Å². The number of thioether (sulfide) groups is 1.